The highest BCUT2D eigenvalue weighted by Gasteiger charge is 2.22. The third kappa shape index (κ3) is 8.76. The summed E-state index contributed by atoms with van der Waals surface area (Å²) >= 11 is 0. The second-order valence-electron chi connectivity index (χ2n) is 5.67. The summed E-state index contributed by atoms with van der Waals surface area (Å²) in [5.41, 5.74) is 0.0752. The first-order valence-corrected chi connectivity index (χ1v) is 6.47. The molecule has 1 fully saturated rings. The van der Waals surface area contributed by atoms with Gasteiger partial charge in [0.15, 0.2) is 0 Å². The normalized spacial score (nSPS) is 15.0. The van der Waals surface area contributed by atoms with Gasteiger partial charge >= 0.3 is 0 Å². The summed E-state index contributed by atoms with van der Waals surface area (Å²) in [5, 5.41) is 6.21. The molecule has 0 unspecified atom stereocenters. The van der Waals surface area contributed by atoms with Crippen molar-refractivity contribution in [1.29, 1.82) is 0 Å². The topological polar surface area (TPSA) is 41.1 Å². The molecule has 0 atom stereocenters. The van der Waals surface area contributed by atoms with E-state index in [1.807, 2.05) is 0 Å². The molecule has 0 aromatic carbocycles. The van der Waals surface area contributed by atoms with Gasteiger partial charge in [0.05, 0.1) is 6.54 Å². The third-order valence-corrected chi connectivity index (χ3v) is 2.38. The van der Waals surface area contributed by atoms with Crippen molar-refractivity contribution in [2.45, 2.75) is 52.5 Å². The molecule has 0 aromatic rings. The molecule has 2 N–H and O–H groups in total. The summed E-state index contributed by atoms with van der Waals surface area (Å²) in [6, 6.07) is 0.480. The number of amides is 1. The first-order valence-electron chi connectivity index (χ1n) is 6.47. The van der Waals surface area contributed by atoms with Crippen molar-refractivity contribution in [2.24, 2.45) is 5.41 Å². The summed E-state index contributed by atoms with van der Waals surface area (Å²) in [6.07, 6.45) is 3.82. The minimum absolute atomic E-state index is 0.0752. The van der Waals surface area contributed by atoms with Crippen LogP contribution in [0.5, 0.6) is 0 Å². The predicted octanol–water partition coefficient (Wildman–Crippen LogP) is 1.68. The number of carbonyl (C=O) groups excluding carboxylic acids is 1. The third-order valence-electron chi connectivity index (χ3n) is 2.38. The van der Waals surface area contributed by atoms with Crippen LogP contribution in [0.2, 0.25) is 0 Å². The van der Waals surface area contributed by atoms with E-state index in [0.29, 0.717) is 19.0 Å². The summed E-state index contributed by atoms with van der Waals surface area (Å²) in [4.78, 5) is 11.3. The maximum Gasteiger partial charge on any atom is 0.220 e. The largest absolute Gasteiger partial charge is 0.353 e. The van der Waals surface area contributed by atoms with Gasteiger partial charge in [-0.15, -0.1) is 0 Å². The number of hydrogen-bond acceptors (Lipinski definition) is 2. The zero-order chi connectivity index (χ0) is 12.7. The van der Waals surface area contributed by atoms with E-state index in [9.17, 15) is 4.79 Å². The molecular formula is C14H24N2O. The molecule has 0 aliphatic heterocycles. The summed E-state index contributed by atoms with van der Waals surface area (Å²) < 4.78 is 0. The molecule has 0 bridgehead atoms. The highest BCUT2D eigenvalue weighted by atomic mass is 16.1. The summed E-state index contributed by atoms with van der Waals surface area (Å²) in [5.74, 6) is 6.45. The van der Waals surface area contributed by atoms with Gasteiger partial charge in [0.25, 0.3) is 0 Å². The maximum absolute atomic E-state index is 11.3. The Kier molecular flexibility index (Phi) is 5.50. The molecule has 17 heavy (non-hydrogen) atoms. The van der Waals surface area contributed by atoms with Crippen LogP contribution in [0.4, 0.5) is 0 Å². The van der Waals surface area contributed by atoms with E-state index < -0.39 is 0 Å². The van der Waals surface area contributed by atoms with Crippen LogP contribution in [0.25, 0.3) is 0 Å². The van der Waals surface area contributed by atoms with Crippen molar-refractivity contribution in [2.75, 3.05) is 13.1 Å². The van der Waals surface area contributed by atoms with Crippen LogP contribution in [0.15, 0.2) is 0 Å². The van der Waals surface area contributed by atoms with E-state index in [1.165, 1.54) is 0 Å². The van der Waals surface area contributed by atoms with Crippen LogP contribution in [0.3, 0.4) is 0 Å². The fourth-order valence-electron chi connectivity index (χ4n) is 1.36. The van der Waals surface area contributed by atoms with Crippen LogP contribution >= 0.6 is 0 Å². The van der Waals surface area contributed by atoms with Crippen LogP contribution in [-0.4, -0.2) is 25.0 Å². The van der Waals surface area contributed by atoms with Crippen molar-refractivity contribution in [1.82, 2.24) is 10.6 Å². The standard InChI is InChI=1S/C14H24N2O/c1-14(2,3)9-5-11-15-10-4-6-13(17)16-12-7-8-12/h12,15H,4,6-8,10-11H2,1-3H3,(H,16,17). The molecule has 0 heterocycles. The van der Waals surface area contributed by atoms with Crippen molar-refractivity contribution in [3.8, 4) is 11.8 Å². The van der Waals surface area contributed by atoms with Gasteiger partial charge in [0.2, 0.25) is 5.91 Å². The van der Waals surface area contributed by atoms with Crippen molar-refractivity contribution < 1.29 is 4.79 Å². The van der Waals surface area contributed by atoms with E-state index in [0.717, 1.165) is 25.8 Å². The van der Waals surface area contributed by atoms with Crippen molar-refractivity contribution in [3.05, 3.63) is 0 Å². The Bertz CT molecular complexity index is 302. The molecule has 1 amide bonds. The van der Waals surface area contributed by atoms with Crippen LogP contribution < -0.4 is 10.6 Å². The molecule has 0 spiro atoms. The predicted molar refractivity (Wildman–Crippen MR) is 70.5 cm³/mol. The lowest BCUT2D eigenvalue weighted by Crippen LogP contribution is -2.26. The number of nitrogens with one attached hydrogen (secondary N) is 2. The van der Waals surface area contributed by atoms with Gasteiger partial charge in [0, 0.05) is 17.9 Å². The average molecular weight is 236 g/mol. The van der Waals surface area contributed by atoms with E-state index >= 15 is 0 Å². The van der Waals surface area contributed by atoms with Crippen LogP contribution in [0.1, 0.15) is 46.5 Å². The van der Waals surface area contributed by atoms with Crippen LogP contribution in [0, 0.1) is 17.3 Å². The Balaban J connectivity index is 1.92. The highest BCUT2D eigenvalue weighted by molar-refractivity contribution is 5.76. The van der Waals surface area contributed by atoms with Gasteiger partial charge in [-0.1, -0.05) is 11.8 Å². The fraction of sp³-hybridized carbons (Fsp3) is 0.786. The van der Waals surface area contributed by atoms with Gasteiger partial charge < -0.3 is 10.6 Å². The van der Waals surface area contributed by atoms with Gasteiger partial charge in [-0.2, -0.15) is 0 Å². The molecular weight excluding hydrogens is 212 g/mol. The van der Waals surface area contributed by atoms with Gasteiger partial charge in [0.1, 0.15) is 0 Å². The molecule has 3 nitrogen and oxygen atoms in total. The first kappa shape index (κ1) is 14.1. The maximum atomic E-state index is 11.3. The molecule has 0 saturated heterocycles. The Morgan fingerprint density at radius 2 is 2.06 bits per heavy atom. The zero-order valence-corrected chi connectivity index (χ0v) is 11.2. The van der Waals surface area contributed by atoms with Gasteiger partial charge in [-0.25, -0.2) is 0 Å². The van der Waals surface area contributed by atoms with Gasteiger partial charge in [-0.3, -0.25) is 4.79 Å². The molecule has 0 aromatic heterocycles. The SMILES string of the molecule is CC(C)(C)C#CCNCCCC(=O)NC1CC1. The van der Waals surface area contributed by atoms with Crippen molar-refractivity contribution >= 4 is 5.91 Å². The van der Waals surface area contributed by atoms with E-state index in [1.54, 1.807) is 0 Å². The summed E-state index contributed by atoms with van der Waals surface area (Å²) in [7, 11) is 0. The lowest BCUT2D eigenvalue weighted by Gasteiger charge is -2.07. The van der Waals surface area contributed by atoms with Gasteiger partial charge in [-0.05, 0) is 46.6 Å². The minimum Gasteiger partial charge on any atom is -0.353 e. The number of carbonyl (C=O) groups is 1. The Hall–Kier alpha value is -1.01. The second-order valence-corrected chi connectivity index (χ2v) is 5.67. The van der Waals surface area contributed by atoms with E-state index in [4.69, 9.17) is 0 Å². The monoisotopic (exact) mass is 236 g/mol. The number of rotatable bonds is 6. The molecule has 1 saturated carbocycles. The molecule has 1 aliphatic carbocycles. The molecule has 96 valence electrons. The molecule has 1 aliphatic rings. The molecule has 0 radical (unpaired) electrons. The zero-order valence-electron chi connectivity index (χ0n) is 11.2. The van der Waals surface area contributed by atoms with E-state index in [2.05, 4.69) is 43.2 Å². The fourth-order valence-corrected chi connectivity index (χ4v) is 1.36. The smallest absolute Gasteiger partial charge is 0.220 e. The Morgan fingerprint density at radius 1 is 1.35 bits per heavy atom. The quantitative estimate of drug-likeness (QED) is 0.544. The second kappa shape index (κ2) is 6.66. The average Bonchev–Trinajstić information content (AvgIpc) is 2.98. The molecule has 3 heteroatoms. The minimum atomic E-state index is 0.0752. The van der Waals surface area contributed by atoms with Crippen molar-refractivity contribution in [3.63, 3.8) is 0 Å². The Morgan fingerprint density at radius 3 is 2.65 bits per heavy atom. The summed E-state index contributed by atoms with van der Waals surface area (Å²) in [6.45, 7) is 7.87. The van der Waals surface area contributed by atoms with Crippen LogP contribution in [-0.2, 0) is 4.79 Å². The lowest BCUT2D eigenvalue weighted by molar-refractivity contribution is -0.121. The highest BCUT2D eigenvalue weighted by Crippen LogP contribution is 2.18. The lowest BCUT2D eigenvalue weighted by atomic mass is 9.98. The number of hydrogen-bond donors (Lipinski definition) is 2. The Labute approximate surface area is 105 Å². The first-order chi connectivity index (χ1) is 7.97. The van der Waals surface area contributed by atoms with E-state index in [-0.39, 0.29) is 11.3 Å². The molecule has 1 rings (SSSR count).